The van der Waals surface area contributed by atoms with E-state index in [-0.39, 0.29) is 18.4 Å². The summed E-state index contributed by atoms with van der Waals surface area (Å²) in [6, 6.07) is 13.2. The lowest BCUT2D eigenvalue weighted by molar-refractivity contribution is 0.246. The summed E-state index contributed by atoms with van der Waals surface area (Å²) in [5, 5.41) is 24.3. The van der Waals surface area contributed by atoms with E-state index < -0.39 is 0 Å². The first-order valence-corrected chi connectivity index (χ1v) is 8.82. The molecule has 2 heterocycles. The highest BCUT2D eigenvalue weighted by molar-refractivity contribution is 5.92. The van der Waals surface area contributed by atoms with E-state index in [1.807, 2.05) is 37.3 Å². The zero-order valence-corrected chi connectivity index (χ0v) is 14.7. The molecular formula is C20H22N4O2. The number of phenolic OH excluding ortho intramolecular Hbond substituents is 1. The summed E-state index contributed by atoms with van der Waals surface area (Å²) in [5.74, 6) is 1.45. The number of benzene rings is 2. The van der Waals surface area contributed by atoms with Crippen LogP contribution in [-0.4, -0.2) is 52.5 Å². The maximum atomic E-state index is 10.2. The van der Waals surface area contributed by atoms with Crippen LogP contribution in [0.5, 0.6) is 5.75 Å². The van der Waals surface area contributed by atoms with Gasteiger partial charge in [0.1, 0.15) is 11.6 Å². The highest BCUT2D eigenvalue weighted by Crippen LogP contribution is 2.32. The van der Waals surface area contributed by atoms with Crippen LogP contribution in [0, 0.1) is 6.92 Å². The highest BCUT2D eigenvalue weighted by Gasteiger charge is 2.25. The van der Waals surface area contributed by atoms with Gasteiger partial charge in [-0.05, 0) is 36.8 Å². The van der Waals surface area contributed by atoms with Crippen LogP contribution in [0.3, 0.4) is 0 Å². The van der Waals surface area contributed by atoms with Gasteiger partial charge in [-0.2, -0.15) is 0 Å². The van der Waals surface area contributed by atoms with Gasteiger partial charge in [-0.25, -0.2) is 9.97 Å². The number of hydrogen-bond acceptors (Lipinski definition) is 6. The SMILES string of the molecule is Cc1ccc2c(N3CCNC[C@@H]3CO)nc(-c3ccccc3O)nc2c1. The maximum Gasteiger partial charge on any atom is 0.165 e. The summed E-state index contributed by atoms with van der Waals surface area (Å²) in [4.78, 5) is 11.6. The maximum absolute atomic E-state index is 10.2. The second kappa shape index (κ2) is 6.90. The van der Waals surface area contributed by atoms with E-state index in [2.05, 4.69) is 10.2 Å². The minimum atomic E-state index is -0.0413. The van der Waals surface area contributed by atoms with Crippen molar-refractivity contribution < 1.29 is 10.2 Å². The molecule has 1 fully saturated rings. The predicted molar refractivity (Wildman–Crippen MR) is 102 cm³/mol. The van der Waals surface area contributed by atoms with E-state index in [1.54, 1.807) is 12.1 Å². The fraction of sp³-hybridized carbons (Fsp3) is 0.300. The smallest absolute Gasteiger partial charge is 0.165 e. The van der Waals surface area contributed by atoms with E-state index in [0.29, 0.717) is 17.9 Å². The van der Waals surface area contributed by atoms with Gasteiger partial charge < -0.3 is 20.4 Å². The number of aryl methyl sites for hydroxylation is 1. The molecule has 4 rings (SSSR count). The Morgan fingerprint density at radius 2 is 2.04 bits per heavy atom. The molecule has 0 amide bonds. The van der Waals surface area contributed by atoms with Crippen molar-refractivity contribution in [3.8, 4) is 17.1 Å². The Hall–Kier alpha value is -2.70. The highest BCUT2D eigenvalue weighted by atomic mass is 16.3. The van der Waals surface area contributed by atoms with Crippen molar-refractivity contribution in [1.82, 2.24) is 15.3 Å². The number of aromatic nitrogens is 2. The average molecular weight is 350 g/mol. The third-order valence-electron chi connectivity index (χ3n) is 4.81. The molecule has 0 spiro atoms. The third-order valence-corrected chi connectivity index (χ3v) is 4.81. The lowest BCUT2D eigenvalue weighted by Crippen LogP contribution is -2.53. The first kappa shape index (κ1) is 16.8. The van der Waals surface area contributed by atoms with Crippen molar-refractivity contribution in [3.05, 3.63) is 48.0 Å². The first-order valence-electron chi connectivity index (χ1n) is 8.82. The Balaban J connectivity index is 1.94. The van der Waals surface area contributed by atoms with Gasteiger partial charge in [0.2, 0.25) is 0 Å². The molecule has 0 unspecified atom stereocenters. The molecule has 0 radical (unpaired) electrons. The number of rotatable bonds is 3. The molecule has 0 saturated carbocycles. The Kier molecular flexibility index (Phi) is 4.44. The summed E-state index contributed by atoms with van der Waals surface area (Å²) >= 11 is 0. The molecule has 6 heteroatoms. The number of aliphatic hydroxyl groups excluding tert-OH is 1. The Morgan fingerprint density at radius 3 is 2.85 bits per heavy atom. The van der Waals surface area contributed by atoms with Gasteiger partial charge in [0, 0.05) is 25.0 Å². The molecule has 0 bridgehead atoms. The van der Waals surface area contributed by atoms with Crippen molar-refractivity contribution in [2.24, 2.45) is 0 Å². The van der Waals surface area contributed by atoms with E-state index in [9.17, 15) is 10.2 Å². The van der Waals surface area contributed by atoms with Crippen LogP contribution in [0.4, 0.5) is 5.82 Å². The molecule has 1 atom stereocenters. The fourth-order valence-electron chi connectivity index (χ4n) is 3.43. The van der Waals surface area contributed by atoms with Crippen LogP contribution in [0.1, 0.15) is 5.56 Å². The number of hydrogen-bond donors (Lipinski definition) is 3. The lowest BCUT2D eigenvalue weighted by atomic mass is 10.1. The number of anilines is 1. The van der Waals surface area contributed by atoms with Gasteiger partial charge in [0.15, 0.2) is 5.82 Å². The molecule has 0 aliphatic carbocycles. The van der Waals surface area contributed by atoms with Crippen LogP contribution >= 0.6 is 0 Å². The van der Waals surface area contributed by atoms with E-state index in [0.717, 1.165) is 35.4 Å². The number of aromatic hydroxyl groups is 1. The number of phenols is 1. The topological polar surface area (TPSA) is 81.5 Å². The molecular weight excluding hydrogens is 328 g/mol. The van der Waals surface area contributed by atoms with Crippen molar-refractivity contribution >= 4 is 16.7 Å². The first-order chi connectivity index (χ1) is 12.7. The van der Waals surface area contributed by atoms with Crippen LogP contribution in [0.15, 0.2) is 42.5 Å². The van der Waals surface area contributed by atoms with Gasteiger partial charge in [0.05, 0.1) is 23.7 Å². The zero-order chi connectivity index (χ0) is 18.1. The van der Waals surface area contributed by atoms with E-state index >= 15 is 0 Å². The third kappa shape index (κ3) is 2.98. The average Bonchev–Trinajstić information content (AvgIpc) is 2.67. The summed E-state index contributed by atoms with van der Waals surface area (Å²) in [6.45, 7) is 4.38. The summed E-state index contributed by atoms with van der Waals surface area (Å²) in [6.07, 6.45) is 0. The standard InChI is InChI=1S/C20H22N4O2/c1-13-6-7-15-17(10-13)22-19(16-4-2-3-5-18(16)26)23-20(15)24-9-8-21-11-14(24)12-25/h2-7,10,14,21,25-26H,8-9,11-12H2,1H3/t14-/m1/s1. The van der Waals surface area contributed by atoms with Crippen LogP contribution in [0.25, 0.3) is 22.3 Å². The largest absolute Gasteiger partial charge is 0.507 e. The summed E-state index contributed by atoms with van der Waals surface area (Å²) < 4.78 is 0. The quantitative estimate of drug-likeness (QED) is 0.671. The van der Waals surface area contributed by atoms with Gasteiger partial charge in [-0.3, -0.25) is 0 Å². The second-order valence-corrected chi connectivity index (χ2v) is 6.64. The molecule has 1 aliphatic rings. The zero-order valence-electron chi connectivity index (χ0n) is 14.7. The minimum Gasteiger partial charge on any atom is -0.507 e. The van der Waals surface area contributed by atoms with E-state index in [4.69, 9.17) is 9.97 Å². The second-order valence-electron chi connectivity index (χ2n) is 6.64. The minimum absolute atomic E-state index is 0.0413. The molecule has 1 aliphatic heterocycles. The van der Waals surface area contributed by atoms with Crippen molar-refractivity contribution in [1.29, 1.82) is 0 Å². The van der Waals surface area contributed by atoms with Crippen LogP contribution < -0.4 is 10.2 Å². The van der Waals surface area contributed by atoms with Gasteiger partial charge >= 0.3 is 0 Å². The number of para-hydroxylation sites is 1. The van der Waals surface area contributed by atoms with Gasteiger partial charge in [-0.1, -0.05) is 18.2 Å². The number of aliphatic hydroxyl groups is 1. The van der Waals surface area contributed by atoms with Crippen molar-refractivity contribution in [2.45, 2.75) is 13.0 Å². The van der Waals surface area contributed by atoms with Crippen molar-refractivity contribution in [2.75, 3.05) is 31.1 Å². The summed E-state index contributed by atoms with van der Waals surface area (Å²) in [7, 11) is 0. The lowest BCUT2D eigenvalue weighted by Gasteiger charge is -2.36. The molecule has 1 aromatic heterocycles. The van der Waals surface area contributed by atoms with E-state index in [1.165, 1.54) is 0 Å². The number of fused-ring (bicyclic) bond motifs is 1. The van der Waals surface area contributed by atoms with Gasteiger partial charge in [0.25, 0.3) is 0 Å². The Bertz CT molecular complexity index is 944. The molecule has 2 aromatic carbocycles. The molecule has 134 valence electrons. The number of nitrogens with one attached hydrogen (secondary N) is 1. The van der Waals surface area contributed by atoms with Crippen molar-refractivity contribution in [3.63, 3.8) is 0 Å². The monoisotopic (exact) mass is 350 g/mol. The Labute approximate surface area is 152 Å². The van der Waals surface area contributed by atoms with Crippen LogP contribution in [0.2, 0.25) is 0 Å². The summed E-state index contributed by atoms with van der Waals surface area (Å²) in [5.41, 5.74) is 2.56. The molecule has 3 N–H and O–H groups in total. The Morgan fingerprint density at radius 1 is 1.19 bits per heavy atom. The molecule has 6 nitrogen and oxygen atoms in total. The fourth-order valence-corrected chi connectivity index (χ4v) is 3.43. The number of piperazine rings is 1. The van der Waals surface area contributed by atoms with Crippen LogP contribution in [-0.2, 0) is 0 Å². The molecule has 3 aromatic rings. The number of nitrogens with zero attached hydrogens (tertiary/aromatic N) is 3. The molecule has 26 heavy (non-hydrogen) atoms. The predicted octanol–water partition coefficient (Wildman–Crippen LogP) is 2.08. The normalized spacial score (nSPS) is 17.6. The van der Waals surface area contributed by atoms with Gasteiger partial charge in [-0.15, -0.1) is 0 Å². The molecule has 1 saturated heterocycles.